The quantitative estimate of drug-likeness (QED) is 0.899. The van der Waals surface area contributed by atoms with E-state index in [0.717, 1.165) is 25.9 Å². The lowest BCUT2D eigenvalue weighted by molar-refractivity contribution is -0.130. The largest absolute Gasteiger partial charge is 0.378 e. The minimum atomic E-state index is -1.24. The van der Waals surface area contributed by atoms with Crippen LogP contribution in [0.15, 0.2) is 18.2 Å². The molecule has 0 spiro atoms. The van der Waals surface area contributed by atoms with Crippen LogP contribution in [-0.4, -0.2) is 42.1 Å². The summed E-state index contributed by atoms with van der Waals surface area (Å²) in [5.41, 5.74) is 0.410. The first-order valence-corrected chi connectivity index (χ1v) is 7.34. The van der Waals surface area contributed by atoms with Gasteiger partial charge in [-0.1, -0.05) is 23.2 Å². The molecular weight excluding hydrogens is 299 g/mol. The Balaban J connectivity index is 1.98. The molecule has 1 aromatic carbocycles. The van der Waals surface area contributed by atoms with Crippen molar-refractivity contribution in [2.24, 2.45) is 0 Å². The molecule has 4 nitrogen and oxygen atoms in total. The van der Waals surface area contributed by atoms with Gasteiger partial charge in [0.2, 0.25) is 0 Å². The molecule has 1 aromatic rings. The number of piperidine rings is 1. The smallest absolute Gasteiger partial charge is 0.253 e. The van der Waals surface area contributed by atoms with Gasteiger partial charge in [-0.15, -0.1) is 0 Å². The third-order valence-corrected chi connectivity index (χ3v) is 3.95. The molecule has 110 valence electrons. The molecule has 2 N–H and O–H groups in total. The maximum Gasteiger partial charge on any atom is 0.253 e. The van der Waals surface area contributed by atoms with Crippen LogP contribution in [0.1, 0.15) is 24.5 Å². The first-order chi connectivity index (χ1) is 9.45. The maximum absolute atomic E-state index is 12.1. The molecular formula is C14H18Cl2N2O2. The summed E-state index contributed by atoms with van der Waals surface area (Å²) >= 11 is 11.7. The Morgan fingerprint density at radius 3 is 2.40 bits per heavy atom. The van der Waals surface area contributed by atoms with E-state index in [-0.39, 0.29) is 6.04 Å². The highest BCUT2D eigenvalue weighted by molar-refractivity contribution is 6.34. The molecule has 1 fully saturated rings. The van der Waals surface area contributed by atoms with E-state index in [9.17, 15) is 9.90 Å². The predicted molar refractivity (Wildman–Crippen MR) is 80.1 cm³/mol. The summed E-state index contributed by atoms with van der Waals surface area (Å²) in [7, 11) is 2.06. The number of benzene rings is 1. The van der Waals surface area contributed by atoms with E-state index in [1.807, 2.05) is 0 Å². The molecule has 1 aliphatic heterocycles. The Hall–Kier alpha value is -0.810. The number of nitrogens with one attached hydrogen (secondary N) is 1. The van der Waals surface area contributed by atoms with Crippen LogP contribution < -0.4 is 5.32 Å². The number of hydrogen-bond acceptors (Lipinski definition) is 3. The third-order valence-electron chi connectivity index (χ3n) is 3.51. The number of likely N-dealkylation sites (tertiary alicyclic amines) is 1. The van der Waals surface area contributed by atoms with E-state index in [0.29, 0.717) is 15.6 Å². The zero-order valence-corrected chi connectivity index (χ0v) is 12.8. The van der Waals surface area contributed by atoms with Crippen LogP contribution in [0.4, 0.5) is 0 Å². The van der Waals surface area contributed by atoms with Crippen molar-refractivity contribution in [3.63, 3.8) is 0 Å². The predicted octanol–water partition coefficient (Wildman–Crippen LogP) is 2.24. The average molecular weight is 317 g/mol. The summed E-state index contributed by atoms with van der Waals surface area (Å²) in [6.45, 7) is 1.90. The van der Waals surface area contributed by atoms with Crippen molar-refractivity contribution in [3.05, 3.63) is 33.8 Å². The molecule has 1 atom stereocenters. The first kappa shape index (κ1) is 15.6. The number of carbonyl (C=O) groups is 1. The van der Waals surface area contributed by atoms with Crippen molar-refractivity contribution < 1.29 is 9.90 Å². The van der Waals surface area contributed by atoms with Crippen LogP contribution in [-0.2, 0) is 4.79 Å². The second-order valence-corrected chi connectivity index (χ2v) is 6.06. The van der Waals surface area contributed by atoms with Gasteiger partial charge < -0.3 is 15.3 Å². The fourth-order valence-electron chi connectivity index (χ4n) is 2.32. The van der Waals surface area contributed by atoms with Crippen molar-refractivity contribution in [1.82, 2.24) is 10.2 Å². The van der Waals surface area contributed by atoms with Gasteiger partial charge in [0.15, 0.2) is 6.10 Å². The Morgan fingerprint density at radius 1 is 1.30 bits per heavy atom. The Labute approximate surface area is 128 Å². The van der Waals surface area contributed by atoms with Crippen molar-refractivity contribution in [3.8, 4) is 0 Å². The fourth-order valence-corrected chi connectivity index (χ4v) is 2.86. The average Bonchev–Trinajstić information content (AvgIpc) is 2.39. The lowest BCUT2D eigenvalue weighted by atomic mass is 10.0. The normalized spacial score (nSPS) is 18.8. The van der Waals surface area contributed by atoms with Crippen molar-refractivity contribution in [1.29, 1.82) is 0 Å². The molecule has 1 amide bonds. The highest BCUT2D eigenvalue weighted by Gasteiger charge is 2.23. The minimum absolute atomic E-state index is 0.114. The second kappa shape index (κ2) is 6.76. The summed E-state index contributed by atoms with van der Waals surface area (Å²) in [4.78, 5) is 14.3. The summed E-state index contributed by atoms with van der Waals surface area (Å²) in [5.74, 6) is -0.405. The number of rotatable bonds is 3. The summed E-state index contributed by atoms with van der Waals surface area (Å²) in [6, 6.07) is 4.77. The molecule has 2 rings (SSSR count). The highest BCUT2D eigenvalue weighted by atomic mass is 35.5. The Bertz CT molecular complexity index is 468. The molecule has 1 unspecified atom stereocenters. The first-order valence-electron chi connectivity index (χ1n) is 6.58. The Kier molecular flexibility index (Phi) is 5.27. The van der Waals surface area contributed by atoms with Crippen LogP contribution in [0.2, 0.25) is 10.0 Å². The van der Waals surface area contributed by atoms with E-state index >= 15 is 0 Å². The molecule has 1 heterocycles. The van der Waals surface area contributed by atoms with E-state index in [1.165, 1.54) is 0 Å². The summed E-state index contributed by atoms with van der Waals surface area (Å²) < 4.78 is 0. The number of amides is 1. The van der Waals surface area contributed by atoms with Crippen molar-refractivity contribution in [2.75, 3.05) is 20.1 Å². The van der Waals surface area contributed by atoms with Crippen LogP contribution in [0.25, 0.3) is 0 Å². The van der Waals surface area contributed by atoms with Gasteiger partial charge in [0.25, 0.3) is 5.91 Å². The third kappa shape index (κ3) is 4.09. The summed E-state index contributed by atoms with van der Waals surface area (Å²) in [6.07, 6.45) is 0.544. The molecule has 0 saturated carbocycles. The second-order valence-electron chi connectivity index (χ2n) is 5.19. The number of halogens is 2. The summed E-state index contributed by atoms with van der Waals surface area (Å²) in [5, 5.41) is 13.8. The van der Waals surface area contributed by atoms with E-state index < -0.39 is 12.0 Å². The Morgan fingerprint density at radius 2 is 1.85 bits per heavy atom. The van der Waals surface area contributed by atoms with Gasteiger partial charge in [-0.2, -0.15) is 0 Å². The molecule has 0 bridgehead atoms. The van der Waals surface area contributed by atoms with Crippen LogP contribution in [0, 0.1) is 0 Å². The van der Waals surface area contributed by atoms with Gasteiger partial charge in [-0.05, 0) is 56.7 Å². The lowest BCUT2D eigenvalue weighted by Crippen LogP contribution is -2.44. The minimum Gasteiger partial charge on any atom is -0.378 e. The van der Waals surface area contributed by atoms with Gasteiger partial charge in [0.05, 0.1) is 0 Å². The number of hydrogen-bond donors (Lipinski definition) is 2. The number of nitrogens with zero attached hydrogens (tertiary/aromatic N) is 1. The molecule has 1 saturated heterocycles. The molecule has 20 heavy (non-hydrogen) atoms. The van der Waals surface area contributed by atoms with E-state index in [4.69, 9.17) is 23.2 Å². The van der Waals surface area contributed by atoms with Crippen molar-refractivity contribution >= 4 is 29.1 Å². The zero-order valence-electron chi connectivity index (χ0n) is 11.3. The molecule has 0 radical (unpaired) electrons. The lowest BCUT2D eigenvalue weighted by Gasteiger charge is -2.30. The highest BCUT2D eigenvalue weighted by Crippen LogP contribution is 2.24. The monoisotopic (exact) mass is 316 g/mol. The molecule has 0 aromatic heterocycles. The zero-order chi connectivity index (χ0) is 14.7. The molecule has 6 heteroatoms. The van der Waals surface area contributed by atoms with Crippen LogP contribution in [0.5, 0.6) is 0 Å². The van der Waals surface area contributed by atoms with Crippen LogP contribution >= 0.6 is 23.2 Å². The topological polar surface area (TPSA) is 52.6 Å². The maximum atomic E-state index is 12.1. The van der Waals surface area contributed by atoms with Gasteiger partial charge in [0.1, 0.15) is 0 Å². The molecule has 1 aliphatic rings. The fraction of sp³-hybridized carbons (Fsp3) is 0.500. The SMILES string of the molecule is CN1CCC(NC(=O)C(O)c2cc(Cl)cc(Cl)c2)CC1. The van der Waals surface area contributed by atoms with E-state index in [2.05, 4.69) is 17.3 Å². The molecule has 0 aliphatic carbocycles. The van der Waals surface area contributed by atoms with E-state index in [1.54, 1.807) is 18.2 Å². The van der Waals surface area contributed by atoms with Gasteiger partial charge in [-0.3, -0.25) is 4.79 Å². The van der Waals surface area contributed by atoms with Crippen LogP contribution in [0.3, 0.4) is 0 Å². The van der Waals surface area contributed by atoms with Gasteiger partial charge in [-0.25, -0.2) is 0 Å². The number of aliphatic hydroxyl groups excluding tert-OH is 1. The number of carbonyl (C=O) groups excluding carboxylic acids is 1. The van der Waals surface area contributed by atoms with Crippen molar-refractivity contribution in [2.45, 2.75) is 25.0 Å². The standard InChI is InChI=1S/C14H18Cl2N2O2/c1-18-4-2-12(3-5-18)17-14(20)13(19)9-6-10(15)8-11(16)7-9/h6-8,12-13,19H,2-5H2,1H3,(H,17,20). The van der Waals surface area contributed by atoms with Gasteiger partial charge >= 0.3 is 0 Å². The number of aliphatic hydroxyl groups is 1. The van der Waals surface area contributed by atoms with Gasteiger partial charge in [0, 0.05) is 16.1 Å².